The maximum absolute atomic E-state index is 10.4. The molecule has 0 amide bonds. The van der Waals surface area contributed by atoms with E-state index < -0.39 is 6.10 Å². The zero-order chi connectivity index (χ0) is 14.5. The van der Waals surface area contributed by atoms with Crippen LogP contribution in [0.25, 0.3) is 0 Å². The van der Waals surface area contributed by atoms with Crippen molar-refractivity contribution in [3.8, 4) is 0 Å². The molecule has 2 atom stereocenters. The van der Waals surface area contributed by atoms with Gasteiger partial charge in [0.1, 0.15) is 6.10 Å². The summed E-state index contributed by atoms with van der Waals surface area (Å²) < 4.78 is 3.84. The van der Waals surface area contributed by atoms with Crippen molar-refractivity contribution in [1.82, 2.24) is 19.6 Å². The van der Waals surface area contributed by atoms with E-state index in [1.165, 1.54) is 0 Å². The van der Waals surface area contributed by atoms with Gasteiger partial charge in [-0.1, -0.05) is 13.8 Å². The van der Waals surface area contributed by atoms with Crippen LogP contribution in [-0.4, -0.2) is 24.7 Å². The first kappa shape index (κ1) is 14.8. The van der Waals surface area contributed by atoms with E-state index in [2.05, 4.69) is 31.0 Å². The van der Waals surface area contributed by atoms with E-state index in [9.17, 15) is 5.11 Å². The molecule has 5 heteroatoms. The molecule has 0 aliphatic heterocycles. The fourth-order valence-corrected chi connectivity index (χ4v) is 2.25. The Kier molecular flexibility index (Phi) is 4.95. The van der Waals surface area contributed by atoms with Gasteiger partial charge in [0.25, 0.3) is 0 Å². The first-order valence-electron chi connectivity index (χ1n) is 7.39. The van der Waals surface area contributed by atoms with Crippen LogP contribution < -0.4 is 0 Å². The predicted octanol–water partition coefficient (Wildman–Crippen LogP) is 2.74. The molecule has 0 aromatic carbocycles. The van der Waals surface area contributed by atoms with E-state index in [1.807, 2.05) is 27.7 Å². The Hall–Kier alpha value is -1.62. The molecular formula is C15H24N4O. The maximum atomic E-state index is 10.4. The van der Waals surface area contributed by atoms with Crippen LogP contribution in [0.3, 0.4) is 0 Å². The van der Waals surface area contributed by atoms with Crippen LogP contribution in [0.15, 0.2) is 24.5 Å². The lowest BCUT2D eigenvalue weighted by Gasteiger charge is -2.12. The molecule has 2 aromatic heterocycles. The van der Waals surface area contributed by atoms with E-state index in [0.717, 1.165) is 30.8 Å². The average molecular weight is 276 g/mol. The Morgan fingerprint density at radius 2 is 2.10 bits per heavy atom. The molecule has 0 fully saturated rings. The lowest BCUT2D eigenvalue weighted by molar-refractivity contribution is 0.165. The smallest absolute Gasteiger partial charge is 0.101 e. The summed E-state index contributed by atoms with van der Waals surface area (Å²) in [6, 6.07) is 4.26. The third-order valence-corrected chi connectivity index (χ3v) is 3.63. The van der Waals surface area contributed by atoms with Gasteiger partial charge in [-0.05, 0) is 31.9 Å². The van der Waals surface area contributed by atoms with Gasteiger partial charge in [0, 0.05) is 31.4 Å². The lowest BCUT2D eigenvalue weighted by atomic mass is 10.1. The number of aromatic nitrogens is 4. The second-order valence-electron chi connectivity index (χ2n) is 5.24. The van der Waals surface area contributed by atoms with Crippen LogP contribution in [0.5, 0.6) is 0 Å². The van der Waals surface area contributed by atoms with Crippen LogP contribution in [0, 0.1) is 0 Å². The molecule has 2 unspecified atom stereocenters. The molecule has 2 aromatic rings. The molecule has 5 nitrogen and oxygen atoms in total. The number of rotatable bonds is 7. The van der Waals surface area contributed by atoms with E-state index in [-0.39, 0.29) is 0 Å². The summed E-state index contributed by atoms with van der Waals surface area (Å²) in [7, 11) is 0. The highest BCUT2D eigenvalue weighted by Crippen LogP contribution is 2.18. The quantitative estimate of drug-likeness (QED) is 0.846. The molecule has 0 spiro atoms. The Balaban J connectivity index is 2.05. The summed E-state index contributed by atoms with van der Waals surface area (Å²) in [4.78, 5) is 0. The molecule has 0 saturated heterocycles. The highest BCUT2D eigenvalue weighted by Gasteiger charge is 2.15. The lowest BCUT2D eigenvalue weighted by Crippen LogP contribution is -2.12. The van der Waals surface area contributed by atoms with Gasteiger partial charge in [-0.3, -0.25) is 9.36 Å². The fraction of sp³-hybridized carbons (Fsp3) is 0.600. The molecule has 110 valence electrons. The number of aliphatic hydroxyl groups excluding tert-OH is 1. The summed E-state index contributed by atoms with van der Waals surface area (Å²) in [6.45, 7) is 7.22. The van der Waals surface area contributed by atoms with Gasteiger partial charge in [-0.15, -0.1) is 0 Å². The van der Waals surface area contributed by atoms with Gasteiger partial charge in [-0.2, -0.15) is 10.2 Å². The van der Waals surface area contributed by atoms with Crippen LogP contribution in [0.2, 0.25) is 0 Å². The maximum Gasteiger partial charge on any atom is 0.101 e. The first-order valence-corrected chi connectivity index (χ1v) is 7.39. The highest BCUT2D eigenvalue weighted by molar-refractivity contribution is 5.10. The molecule has 2 rings (SSSR count). The minimum absolute atomic E-state index is 0.395. The largest absolute Gasteiger partial charge is 0.386 e. The van der Waals surface area contributed by atoms with Crippen molar-refractivity contribution in [3.05, 3.63) is 35.9 Å². The predicted molar refractivity (Wildman–Crippen MR) is 78.4 cm³/mol. The van der Waals surface area contributed by atoms with E-state index in [0.29, 0.717) is 12.5 Å². The van der Waals surface area contributed by atoms with Crippen molar-refractivity contribution in [2.45, 2.75) is 58.7 Å². The van der Waals surface area contributed by atoms with E-state index >= 15 is 0 Å². The van der Waals surface area contributed by atoms with Gasteiger partial charge in [0.05, 0.1) is 11.4 Å². The Bertz CT molecular complexity index is 531. The van der Waals surface area contributed by atoms with Crippen molar-refractivity contribution >= 4 is 0 Å². The number of aryl methyl sites for hydroxylation is 1. The van der Waals surface area contributed by atoms with E-state index in [4.69, 9.17) is 0 Å². The zero-order valence-corrected chi connectivity index (χ0v) is 12.5. The van der Waals surface area contributed by atoms with Gasteiger partial charge in [-0.25, -0.2) is 0 Å². The van der Waals surface area contributed by atoms with Crippen molar-refractivity contribution < 1.29 is 5.11 Å². The normalized spacial score (nSPS) is 14.4. The van der Waals surface area contributed by atoms with Crippen molar-refractivity contribution in [1.29, 1.82) is 0 Å². The summed E-state index contributed by atoms with van der Waals surface area (Å²) in [5.41, 5.74) is 1.78. The summed E-state index contributed by atoms with van der Waals surface area (Å²) in [5, 5.41) is 19.1. The minimum Gasteiger partial charge on any atom is -0.386 e. The minimum atomic E-state index is -0.552. The molecule has 0 aliphatic rings. The number of hydrogen-bond donors (Lipinski definition) is 1. The molecule has 2 heterocycles. The second-order valence-corrected chi connectivity index (χ2v) is 5.24. The zero-order valence-electron chi connectivity index (χ0n) is 12.5. The van der Waals surface area contributed by atoms with Crippen molar-refractivity contribution in [2.24, 2.45) is 0 Å². The third-order valence-electron chi connectivity index (χ3n) is 3.63. The SMILES string of the molecule is CCCn1nccc1C(O)Cc1ccn(C(C)CC)n1. The molecular weight excluding hydrogens is 252 g/mol. The standard InChI is InChI=1S/C15H24N4O/c1-4-9-19-14(6-8-16-19)15(20)11-13-7-10-18(17-13)12(3)5-2/h6-8,10,12,15,20H,4-5,9,11H2,1-3H3. The summed E-state index contributed by atoms with van der Waals surface area (Å²) in [5.74, 6) is 0. The number of hydrogen-bond acceptors (Lipinski definition) is 3. The van der Waals surface area contributed by atoms with Crippen LogP contribution in [-0.2, 0) is 13.0 Å². The van der Waals surface area contributed by atoms with Crippen LogP contribution in [0.1, 0.15) is 57.1 Å². The first-order chi connectivity index (χ1) is 9.65. The summed E-state index contributed by atoms with van der Waals surface area (Å²) >= 11 is 0. The van der Waals surface area contributed by atoms with Crippen LogP contribution >= 0.6 is 0 Å². The number of nitrogens with zero attached hydrogens (tertiary/aromatic N) is 4. The van der Waals surface area contributed by atoms with Gasteiger partial charge >= 0.3 is 0 Å². The Morgan fingerprint density at radius 1 is 1.30 bits per heavy atom. The molecule has 0 bridgehead atoms. The van der Waals surface area contributed by atoms with E-state index in [1.54, 1.807) is 6.20 Å². The van der Waals surface area contributed by atoms with Gasteiger partial charge in [0.15, 0.2) is 0 Å². The molecule has 0 aliphatic carbocycles. The molecule has 0 radical (unpaired) electrons. The second kappa shape index (κ2) is 6.70. The van der Waals surface area contributed by atoms with Crippen LogP contribution in [0.4, 0.5) is 0 Å². The molecule has 1 N–H and O–H groups in total. The summed E-state index contributed by atoms with van der Waals surface area (Å²) in [6.07, 6.45) is 5.76. The van der Waals surface area contributed by atoms with Gasteiger partial charge < -0.3 is 5.11 Å². The molecule has 20 heavy (non-hydrogen) atoms. The monoisotopic (exact) mass is 276 g/mol. The third kappa shape index (κ3) is 3.28. The fourth-order valence-electron chi connectivity index (χ4n) is 2.25. The average Bonchev–Trinajstić information content (AvgIpc) is 3.07. The topological polar surface area (TPSA) is 55.9 Å². The Labute approximate surface area is 120 Å². The van der Waals surface area contributed by atoms with Crippen molar-refractivity contribution in [3.63, 3.8) is 0 Å². The number of aliphatic hydroxyl groups is 1. The molecule has 0 saturated carbocycles. The van der Waals surface area contributed by atoms with Gasteiger partial charge in [0.2, 0.25) is 0 Å². The highest BCUT2D eigenvalue weighted by atomic mass is 16.3. The Morgan fingerprint density at radius 3 is 2.80 bits per heavy atom. The van der Waals surface area contributed by atoms with Crippen molar-refractivity contribution in [2.75, 3.05) is 0 Å².